The van der Waals surface area contributed by atoms with Crippen molar-refractivity contribution in [3.8, 4) is 0 Å². The van der Waals surface area contributed by atoms with E-state index in [2.05, 4.69) is 26.1 Å². The fourth-order valence-corrected chi connectivity index (χ4v) is 1.79. The molecule has 0 aliphatic heterocycles. The molecule has 0 amide bonds. The van der Waals surface area contributed by atoms with Gasteiger partial charge in [-0.25, -0.2) is 0 Å². The summed E-state index contributed by atoms with van der Waals surface area (Å²) in [6, 6.07) is 0.614. The number of ether oxygens (including phenoxy) is 1. The molecule has 1 fully saturated rings. The van der Waals surface area contributed by atoms with Crippen molar-refractivity contribution in [2.24, 2.45) is 5.92 Å². The average molecular weight is 213 g/mol. The highest BCUT2D eigenvalue weighted by molar-refractivity contribution is 4.69. The molecule has 2 unspecified atom stereocenters. The molecule has 15 heavy (non-hydrogen) atoms. The van der Waals surface area contributed by atoms with Crippen LogP contribution in [-0.4, -0.2) is 25.3 Å². The van der Waals surface area contributed by atoms with Gasteiger partial charge in [0.1, 0.15) is 0 Å². The lowest BCUT2D eigenvalue weighted by atomic mass is 9.83. The fraction of sp³-hybridized carbons (Fsp3) is 1.00. The molecule has 1 N–H and O–H groups in total. The molecular weight excluding hydrogens is 186 g/mol. The van der Waals surface area contributed by atoms with E-state index in [9.17, 15) is 0 Å². The highest BCUT2D eigenvalue weighted by atomic mass is 16.5. The summed E-state index contributed by atoms with van der Waals surface area (Å²) in [5.41, 5.74) is 0. The lowest BCUT2D eigenvalue weighted by molar-refractivity contribution is 0.0478. The van der Waals surface area contributed by atoms with Crippen LogP contribution in [0.4, 0.5) is 0 Å². The van der Waals surface area contributed by atoms with Gasteiger partial charge in [0.25, 0.3) is 0 Å². The van der Waals surface area contributed by atoms with Gasteiger partial charge in [0, 0.05) is 19.2 Å². The van der Waals surface area contributed by atoms with Crippen LogP contribution in [-0.2, 0) is 4.74 Å². The Kier molecular flexibility index (Phi) is 6.26. The maximum absolute atomic E-state index is 5.78. The maximum atomic E-state index is 5.78. The Morgan fingerprint density at radius 2 is 2.07 bits per heavy atom. The third kappa shape index (κ3) is 5.53. The highest BCUT2D eigenvalue weighted by Crippen LogP contribution is 2.29. The minimum Gasteiger partial charge on any atom is -0.377 e. The first-order chi connectivity index (χ1) is 7.22. The predicted molar refractivity (Wildman–Crippen MR) is 65.1 cm³/mol. The Morgan fingerprint density at radius 1 is 1.33 bits per heavy atom. The average Bonchev–Trinajstić information content (AvgIpc) is 2.18. The number of hydrogen-bond acceptors (Lipinski definition) is 2. The van der Waals surface area contributed by atoms with Crippen molar-refractivity contribution in [3.63, 3.8) is 0 Å². The van der Waals surface area contributed by atoms with Gasteiger partial charge >= 0.3 is 0 Å². The number of rotatable bonds is 8. The van der Waals surface area contributed by atoms with Gasteiger partial charge in [0.05, 0.1) is 6.10 Å². The molecule has 0 aromatic heterocycles. The molecule has 2 nitrogen and oxygen atoms in total. The Hall–Kier alpha value is -0.0800. The second-order valence-electron chi connectivity index (χ2n) is 4.98. The second kappa shape index (κ2) is 7.24. The molecule has 90 valence electrons. The van der Waals surface area contributed by atoms with Gasteiger partial charge in [-0.15, -0.1) is 0 Å². The summed E-state index contributed by atoms with van der Waals surface area (Å²) in [6.45, 7) is 8.53. The molecule has 0 aromatic rings. The summed E-state index contributed by atoms with van der Waals surface area (Å²) in [6.07, 6.45) is 7.13. The topological polar surface area (TPSA) is 21.3 Å². The Morgan fingerprint density at radius 3 is 2.60 bits per heavy atom. The summed E-state index contributed by atoms with van der Waals surface area (Å²) >= 11 is 0. The van der Waals surface area contributed by atoms with E-state index in [1.807, 2.05) is 0 Å². The first-order valence-electron chi connectivity index (χ1n) is 6.57. The Labute approximate surface area is 94.8 Å². The molecule has 0 aromatic carbocycles. The third-order valence-electron chi connectivity index (χ3n) is 3.52. The van der Waals surface area contributed by atoms with Crippen molar-refractivity contribution in [1.29, 1.82) is 0 Å². The molecule has 2 heteroatoms. The van der Waals surface area contributed by atoms with Crippen molar-refractivity contribution in [1.82, 2.24) is 5.32 Å². The van der Waals surface area contributed by atoms with Gasteiger partial charge in [0.2, 0.25) is 0 Å². The molecule has 0 heterocycles. The van der Waals surface area contributed by atoms with Crippen LogP contribution in [0.2, 0.25) is 0 Å². The fourth-order valence-electron chi connectivity index (χ4n) is 1.79. The summed E-state index contributed by atoms with van der Waals surface area (Å²) in [7, 11) is 0. The lowest BCUT2D eigenvalue weighted by Crippen LogP contribution is -2.33. The molecule has 0 saturated heterocycles. The largest absolute Gasteiger partial charge is 0.377 e. The highest BCUT2D eigenvalue weighted by Gasteiger charge is 2.17. The van der Waals surface area contributed by atoms with Gasteiger partial charge in [-0.05, 0) is 32.6 Å². The van der Waals surface area contributed by atoms with Gasteiger partial charge < -0.3 is 10.1 Å². The summed E-state index contributed by atoms with van der Waals surface area (Å²) in [4.78, 5) is 0. The first-order valence-corrected chi connectivity index (χ1v) is 6.57. The van der Waals surface area contributed by atoms with Crippen molar-refractivity contribution in [2.75, 3.05) is 13.2 Å². The van der Waals surface area contributed by atoms with E-state index in [1.54, 1.807) is 0 Å². The standard InChI is InChI=1S/C13H27NO/c1-4-11(2)14-10-12(3)15-9-8-13-6-5-7-13/h11-14H,4-10H2,1-3H3. The summed E-state index contributed by atoms with van der Waals surface area (Å²) < 4.78 is 5.78. The lowest BCUT2D eigenvalue weighted by Gasteiger charge is -2.26. The predicted octanol–water partition coefficient (Wildman–Crippen LogP) is 2.97. The zero-order valence-corrected chi connectivity index (χ0v) is 10.6. The van der Waals surface area contributed by atoms with E-state index in [1.165, 1.54) is 32.1 Å². The summed E-state index contributed by atoms with van der Waals surface area (Å²) in [5, 5.41) is 3.47. The van der Waals surface area contributed by atoms with Crippen LogP contribution >= 0.6 is 0 Å². The molecule has 1 saturated carbocycles. The molecule has 0 spiro atoms. The van der Waals surface area contributed by atoms with E-state index in [0.717, 1.165) is 19.1 Å². The van der Waals surface area contributed by atoms with Crippen LogP contribution in [0.1, 0.15) is 52.9 Å². The van der Waals surface area contributed by atoms with Gasteiger partial charge in [-0.1, -0.05) is 26.2 Å². The SMILES string of the molecule is CCC(C)NCC(C)OCCC1CCC1. The number of nitrogens with one attached hydrogen (secondary N) is 1. The zero-order chi connectivity index (χ0) is 11.1. The van der Waals surface area contributed by atoms with E-state index in [-0.39, 0.29) is 0 Å². The van der Waals surface area contributed by atoms with Crippen molar-refractivity contribution < 1.29 is 4.74 Å². The van der Waals surface area contributed by atoms with E-state index < -0.39 is 0 Å². The van der Waals surface area contributed by atoms with Crippen molar-refractivity contribution in [3.05, 3.63) is 0 Å². The molecule has 2 atom stereocenters. The zero-order valence-electron chi connectivity index (χ0n) is 10.6. The molecule has 1 rings (SSSR count). The minimum absolute atomic E-state index is 0.360. The quantitative estimate of drug-likeness (QED) is 0.669. The van der Waals surface area contributed by atoms with E-state index in [0.29, 0.717) is 12.1 Å². The summed E-state index contributed by atoms with van der Waals surface area (Å²) in [5.74, 6) is 0.972. The van der Waals surface area contributed by atoms with Crippen LogP contribution < -0.4 is 5.32 Å². The molecule has 0 radical (unpaired) electrons. The molecule has 1 aliphatic rings. The van der Waals surface area contributed by atoms with E-state index >= 15 is 0 Å². The van der Waals surface area contributed by atoms with Crippen LogP contribution in [0.5, 0.6) is 0 Å². The van der Waals surface area contributed by atoms with Gasteiger partial charge in [-0.3, -0.25) is 0 Å². The molecular formula is C13H27NO. The minimum atomic E-state index is 0.360. The van der Waals surface area contributed by atoms with Crippen LogP contribution in [0.3, 0.4) is 0 Å². The second-order valence-corrected chi connectivity index (χ2v) is 4.98. The van der Waals surface area contributed by atoms with Crippen LogP contribution in [0, 0.1) is 5.92 Å². The Bertz CT molecular complexity index is 157. The Balaban J connectivity index is 1.90. The smallest absolute Gasteiger partial charge is 0.0671 e. The van der Waals surface area contributed by atoms with Crippen LogP contribution in [0.25, 0.3) is 0 Å². The normalized spacial score (nSPS) is 21.0. The van der Waals surface area contributed by atoms with Gasteiger partial charge in [0.15, 0.2) is 0 Å². The van der Waals surface area contributed by atoms with Crippen molar-refractivity contribution >= 4 is 0 Å². The molecule has 1 aliphatic carbocycles. The van der Waals surface area contributed by atoms with Crippen molar-refractivity contribution in [2.45, 2.75) is 65.0 Å². The number of hydrogen-bond donors (Lipinski definition) is 1. The van der Waals surface area contributed by atoms with Crippen LogP contribution in [0.15, 0.2) is 0 Å². The first kappa shape index (κ1) is 13.0. The van der Waals surface area contributed by atoms with Gasteiger partial charge in [-0.2, -0.15) is 0 Å². The third-order valence-corrected chi connectivity index (χ3v) is 3.52. The van der Waals surface area contributed by atoms with E-state index in [4.69, 9.17) is 4.74 Å². The molecule has 0 bridgehead atoms. The monoisotopic (exact) mass is 213 g/mol. The maximum Gasteiger partial charge on any atom is 0.0671 e.